The number of nitrogens with one attached hydrogen (secondary N) is 1. The molecule has 0 spiro atoms. The lowest BCUT2D eigenvalue weighted by Gasteiger charge is -2.26. The molecule has 0 amide bonds. The van der Waals surface area contributed by atoms with Gasteiger partial charge < -0.3 is 15.0 Å². The van der Waals surface area contributed by atoms with E-state index in [1.54, 1.807) is 7.11 Å². The van der Waals surface area contributed by atoms with Crippen molar-refractivity contribution in [3.63, 3.8) is 0 Å². The van der Waals surface area contributed by atoms with Crippen LogP contribution in [-0.4, -0.2) is 34.3 Å². The fraction of sp³-hybridized carbons (Fsp3) is 0.625. The molecule has 0 aliphatic carbocycles. The molecule has 0 atom stereocenters. The molecule has 0 heterocycles. The van der Waals surface area contributed by atoms with Crippen LogP contribution < -0.4 is 15.0 Å². The Bertz CT molecular complexity index is 416. The van der Waals surface area contributed by atoms with Gasteiger partial charge in [0.1, 0.15) is 5.75 Å². The van der Waals surface area contributed by atoms with Crippen molar-refractivity contribution < 1.29 is 4.74 Å². The summed E-state index contributed by atoms with van der Waals surface area (Å²) in [6, 6.07) is 2.25. The van der Waals surface area contributed by atoms with E-state index in [1.165, 1.54) is 35.2 Å². The molecule has 0 bridgehead atoms. The average Bonchev–Trinajstić information content (AvgIpc) is 2.38. The largest absolute Gasteiger partial charge is 0.494 e. The Labute approximate surface area is 118 Å². The van der Waals surface area contributed by atoms with Crippen LogP contribution in [0.25, 0.3) is 0 Å². The molecule has 3 heteroatoms. The van der Waals surface area contributed by atoms with Crippen LogP contribution in [0.5, 0.6) is 5.75 Å². The third kappa shape index (κ3) is 3.87. The highest BCUT2D eigenvalue weighted by atomic mass is 16.5. The van der Waals surface area contributed by atoms with Gasteiger partial charge in [0.15, 0.2) is 0 Å². The molecule has 19 heavy (non-hydrogen) atoms. The first kappa shape index (κ1) is 15.8. The maximum atomic E-state index is 5.63. The zero-order chi connectivity index (χ0) is 14.4. The van der Waals surface area contributed by atoms with E-state index in [0.29, 0.717) is 0 Å². The number of rotatable bonds is 7. The zero-order valence-corrected chi connectivity index (χ0v) is 13.3. The topological polar surface area (TPSA) is 24.5 Å². The van der Waals surface area contributed by atoms with Crippen LogP contribution >= 0.6 is 0 Å². The molecule has 0 unspecified atom stereocenters. The fourth-order valence-electron chi connectivity index (χ4n) is 2.52. The Kier molecular flexibility index (Phi) is 6.16. The number of methoxy groups -OCH3 is 1. The Balaban J connectivity index is 2.89. The summed E-state index contributed by atoms with van der Waals surface area (Å²) in [7, 11) is 5.92. The molecular weight excluding hydrogens is 236 g/mol. The second-order valence-corrected chi connectivity index (χ2v) is 5.25. The highest BCUT2D eigenvalue weighted by Gasteiger charge is 2.15. The number of hydrogen-bond donors (Lipinski definition) is 1. The molecule has 0 fully saturated rings. The maximum absolute atomic E-state index is 5.63. The molecule has 108 valence electrons. The Morgan fingerprint density at radius 1 is 1.16 bits per heavy atom. The SMILES string of the molecule is CNCCCCN(C)c1c(C)cc(C)c(C)c1OC. The van der Waals surface area contributed by atoms with E-state index in [4.69, 9.17) is 4.74 Å². The number of aryl methyl sites for hydroxylation is 2. The van der Waals surface area contributed by atoms with Crippen molar-refractivity contribution in [2.45, 2.75) is 33.6 Å². The Morgan fingerprint density at radius 2 is 1.84 bits per heavy atom. The summed E-state index contributed by atoms with van der Waals surface area (Å²) in [6.45, 7) is 8.57. The normalized spacial score (nSPS) is 10.6. The molecule has 1 N–H and O–H groups in total. The van der Waals surface area contributed by atoms with Crippen molar-refractivity contribution in [3.8, 4) is 5.75 Å². The van der Waals surface area contributed by atoms with Crippen molar-refractivity contribution in [1.82, 2.24) is 5.32 Å². The zero-order valence-electron chi connectivity index (χ0n) is 13.3. The van der Waals surface area contributed by atoms with Gasteiger partial charge in [-0.3, -0.25) is 0 Å². The van der Waals surface area contributed by atoms with Crippen LogP contribution in [0.3, 0.4) is 0 Å². The molecule has 0 aromatic heterocycles. The van der Waals surface area contributed by atoms with E-state index in [1.807, 2.05) is 7.05 Å². The summed E-state index contributed by atoms with van der Waals surface area (Å²) in [5.74, 6) is 1.02. The lowest BCUT2D eigenvalue weighted by Crippen LogP contribution is -2.22. The highest BCUT2D eigenvalue weighted by Crippen LogP contribution is 2.36. The monoisotopic (exact) mass is 264 g/mol. The van der Waals surface area contributed by atoms with Crippen molar-refractivity contribution >= 4 is 5.69 Å². The number of ether oxygens (including phenoxy) is 1. The van der Waals surface area contributed by atoms with Crippen molar-refractivity contribution in [1.29, 1.82) is 0 Å². The van der Waals surface area contributed by atoms with Crippen LogP contribution in [0.15, 0.2) is 6.07 Å². The van der Waals surface area contributed by atoms with E-state index >= 15 is 0 Å². The quantitative estimate of drug-likeness (QED) is 0.766. The molecule has 1 rings (SSSR count). The van der Waals surface area contributed by atoms with Crippen LogP contribution in [-0.2, 0) is 0 Å². The molecule has 0 saturated heterocycles. The molecule has 1 aromatic carbocycles. The number of nitrogens with zero attached hydrogens (tertiary/aromatic N) is 1. The van der Waals surface area contributed by atoms with Crippen LogP contribution in [0, 0.1) is 20.8 Å². The first-order valence-electron chi connectivity index (χ1n) is 7.03. The second-order valence-electron chi connectivity index (χ2n) is 5.25. The summed E-state index contributed by atoms with van der Waals surface area (Å²) < 4.78 is 5.63. The fourth-order valence-corrected chi connectivity index (χ4v) is 2.52. The van der Waals surface area contributed by atoms with Gasteiger partial charge in [0.25, 0.3) is 0 Å². The first-order valence-corrected chi connectivity index (χ1v) is 7.03. The summed E-state index contributed by atoms with van der Waals surface area (Å²) in [5, 5.41) is 3.19. The van der Waals surface area contributed by atoms with Crippen molar-refractivity contribution in [3.05, 3.63) is 22.8 Å². The molecule has 3 nitrogen and oxygen atoms in total. The predicted octanol–water partition coefficient (Wildman–Crippen LogP) is 3.06. The van der Waals surface area contributed by atoms with E-state index < -0.39 is 0 Å². The molecule has 1 aromatic rings. The van der Waals surface area contributed by atoms with Gasteiger partial charge in [0.05, 0.1) is 12.8 Å². The van der Waals surface area contributed by atoms with E-state index in [-0.39, 0.29) is 0 Å². The highest BCUT2D eigenvalue weighted by molar-refractivity contribution is 5.67. The minimum Gasteiger partial charge on any atom is -0.494 e. The van der Waals surface area contributed by atoms with E-state index in [0.717, 1.165) is 18.8 Å². The standard InChI is InChI=1S/C16H28N2O/c1-12-11-13(2)15(16(19-6)14(12)3)18(5)10-8-7-9-17-4/h11,17H,7-10H2,1-6H3. The van der Waals surface area contributed by atoms with Gasteiger partial charge in [0.2, 0.25) is 0 Å². The lowest BCUT2D eigenvalue weighted by atomic mass is 10.0. The maximum Gasteiger partial charge on any atom is 0.145 e. The van der Waals surface area contributed by atoms with Gasteiger partial charge in [-0.15, -0.1) is 0 Å². The summed E-state index contributed by atoms with van der Waals surface area (Å²) >= 11 is 0. The Morgan fingerprint density at radius 3 is 2.42 bits per heavy atom. The molecule has 0 aliphatic heterocycles. The summed E-state index contributed by atoms with van der Waals surface area (Å²) in [5.41, 5.74) is 5.05. The van der Waals surface area contributed by atoms with E-state index in [2.05, 4.69) is 44.1 Å². The summed E-state index contributed by atoms with van der Waals surface area (Å²) in [6.07, 6.45) is 2.39. The van der Waals surface area contributed by atoms with Gasteiger partial charge in [-0.2, -0.15) is 0 Å². The van der Waals surface area contributed by atoms with Crippen molar-refractivity contribution in [2.24, 2.45) is 0 Å². The lowest BCUT2D eigenvalue weighted by molar-refractivity contribution is 0.411. The van der Waals surface area contributed by atoms with Crippen LogP contribution in [0.4, 0.5) is 5.69 Å². The molecule has 0 radical (unpaired) electrons. The van der Waals surface area contributed by atoms with Crippen molar-refractivity contribution in [2.75, 3.05) is 39.2 Å². The second kappa shape index (κ2) is 7.39. The first-order chi connectivity index (χ1) is 9.02. The molecular formula is C16H28N2O. The van der Waals surface area contributed by atoms with E-state index in [9.17, 15) is 0 Å². The van der Waals surface area contributed by atoms with Gasteiger partial charge in [0, 0.05) is 13.6 Å². The number of anilines is 1. The van der Waals surface area contributed by atoms with Gasteiger partial charge >= 0.3 is 0 Å². The van der Waals surface area contributed by atoms with Crippen LogP contribution in [0.2, 0.25) is 0 Å². The number of unbranched alkanes of at least 4 members (excludes halogenated alkanes) is 1. The minimum atomic E-state index is 1.02. The van der Waals surface area contributed by atoms with Gasteiger partial charge in [-0.1, -0.05) is 6.07 Å². The minimum absolute atomic E-state index is 1.02. The van der Waals surface area contributed by atoms with Crippen LogP contribution in [0.1, 0.15) is 29.5 Å². The van der Waals surface area contributed by atoms with Gasteiger partial charge in [-0.05, 0) is 63.9 Å². The van der Waals surface area contributed by atoms with Gasteiger partial charge in [-0.25, -0.2) is 0 Å². The third-order valence-electron chi connectivity index (χ3n) is 3.71. The predicted molar refractivity (Wildman–Crippen MR) is 83.6 cm³/mol. The Hall–Kier alpha value is -1.22. The molecule has 0 saturated carbocycles. The third-order valence-corrected chi connectivity index (χ3v) is 3.71. The smallest absolute Gasteiger partial charge is 0.145 e. The molecule has 0 aliphatic rings. The summed E-state index contributed by atoms with van der Waals surface area (Å²) in [4.78, 5) is 2.32. The number of hydrogen-bond acceptors (Lipinski definition) is 3. The average molecular weight is 264 g/mol. The number of benzene rings is 1.